The number of hydrogen-bond acceptors (Lipinski definition) is 6. The molecule has 0 amide bonds. The van der Waals surface area contributed by atoms with Crippen LogP contribution in [0.15, 0.2) is 62.9 Å². The number of allylic oxidation sites excluding steroid dienone is 4. The summed E-state index contributed by atoms with van der Waals surface area (Å²) in [6.45, 7) is 6.00. The summed E-state index contributed by atoms with van der Waals surface area (Å²) >= 11 is 1.26. The van der Waals surface area contributed by atoms with Crippen molar-refractivity contribution in [2.24, 2.45) is 5.92 Å². The van der Waals surface area contributed by atoms with E-state index < -0.39 is 9.84 Å². The molecule has 1 aromatic heterocycles. The van der Waals surface area contributed by atoms with E-state index in [0.717, 1.165) is 30.5 Å². The van der Waals surface area contributed by atoms with E-state index in [9.17, 15) is 8.42 Å². The molecule has 31 heavy (non-hydrogen) atoms. The first-order valence-electron chi connectivity index (χ1n) is 9.88. The lowest BCUT2D eigenvalue weighted by molar-refractivity contribution is 0.594. The first-order chi connectivity index (χ1) is 14.3. The predicted octanol–water partition coefficient (Wildman–Crippen LogP) is 5.70. The SMILES string of the molecule is CC/C=C(/C(C)=C/CCC(C)C=N)n1nc(SC)c(S(=O)(=O)c2ccccc2)c1N.Cl. The average Bonchev–Trinajstić information content (AvgIpc) is 3.09. The molecule has 1 unspecified atom stereocenters. The van der Waals surface area contributed by atoms with Crippen molar-refractivity contribution in [3.63, 3.8) is 0 Å². The molecule has 0 aliphatic rings. The molecule has 9 heteroatoms. The van der Waals surface area contributed by atoms with Crippen molar-refractivity contribution in [3.8, 4) is 0 Å². The maximum atomic E-state index is 13.3. The van der Waals surface area contributed by atoms with Gasteiger partial charge in [0.2, 0.25) is 9.84 Å². The molecule has 2 rings (SSSR count). The van der Waals surface area contributed by atoms with Crippen LogP contribution in [-0.2, 0) is 9.84 Å². The maximum absolute atomic E-state index is 13.3. The highest BCUT2D eigenvalue weighted by Crippen LogP contribution is 2.36. The van der Waals surface area contributed by atoms with E-state index in [1.165, 1.54) is 22.7 Å². The van der Waals surface area contributed by atoms with Crippen molar-refractivity contribution in [3.05, 3.63) is 48.1 Å². The van der Waals surface area contributed by atoms with Gasteiger partial charge in [0, 0.05) is 0 Å². The second-order valence-corrected chi connectivity index (χ2v) is 9.74. The molecule has 0 aliphatic heterocycles. The Morgan fingerprint density at radius 2 is 1.94 bits per heavy atom. The lowest BCUT2D eigenvalue weighted by atomic mass is 10.0. The van der Waals surface area contributed by atoms with E-state index in [4.69, 9.17) is 11.1 Å². The summed E-state index contributed by atoms with van der Waals surface area (Å²) in [4.78, 5) is 0.244. The summed E-state index contributed by atoms with van der Waals surface area (Å²) in [6, 6.07) is 8.29. The number of rotatable bonds is 10. The summed E-state index contributed by atoms with van der Waals surface area (Å²) in [5.41, 5.74) is 8.13. The van der Waals surface area contributed by atoms with E-state index in [2.05, 4.69) is 11.2 Å². The Morgan fingerprint density at radius 1 is 1.29 bits per heavy atom. The lowest BCUT2D eigenvalue weighted by Gasteiger charge is -2.12. The van der Waals surface area contributed by atoms with E-state index in [1.807, 2.05) is 26.8 Å². The Hall–Kier alpha value is -2.03. The minimum absolute atomic E-state index is 0. The van der Waals surface area contributed by atoms with E-state index in [1.54, 1.807) is 36.6 Å². The van der Waals surface area contributed by atoms with Crippen LogP contribution in [0.2, 0.25) is 0 Å². The van der Waals surface area contributed by atoms with Gasteiger partial charge in [-0.2, -0.15) is 5.10 Å². The number of halogens is 1. The van der Waals surface area contributed by atoms with Gasteiger partial charge in [-0.05, 0) is 62.3 Å². The molecule has 0 saturated heterocycles. The van der Waals surface area contributed by atoms with E-state index in [0.29, 0.717) is 5.03 Å². The van der Waals surface area contributed by atoms with Crippen LogP contribution in [0.3, 0.4) is 0 Å². The monoisotopic (exact) mass is 482 g/mol. The maximum Gasteiger partial charge on any atom is 0.212 e. The van der Waals surface area contributed by atoms with Crippen LogP contribution in [0.25, 0.3) is 5.70 Å². The molecule has 0 bridgehead atoms. The lowest BCUT2D eigenvalue weighted by Crippen LogP contribution is -2.09. The Labute approximate surface area is 195 Å². The fraction of sp³-hybridized carbons (Fsp3) is 0.364. The smallest absolute Gasteiger partial charge is 0.212 e. The van der Waals surface area contributed by atoms with Crippen molar-refractivity contribution in [1.82, 2.24) is 9.78 Å². The summed E-state index contributed by atoms with van der Waals surface area (Å²) in [5.74, 6) is 0.330. The van der Waals surface area contributed by atoms with Gasteiger partial charge in [0.25, 0.3) is 0 Å². The Morgan fingerprint density at radius 3 is 2.48 bits per heavy atom. The Bertz CT molecular complexity index is 1040. The number of benzene rings is 1. The highest BCUT2D eigenvalue weighted by molar-refractivity contribution is 7.99. The van der Waals surface area contributed by atoms with Crippen molar-refractivity contribution < 1.29 is 8.42 Å². The van der Waals surface area contributed by atoms with Gasteiger partial charge >= 0.3 is 0 Å². The fourth-order valence-corrected chi connectivity index (χ4v) is 5.46. The van der Waals surface area contributed by atoms with Gasteiger partial charge in [-0.1, -0.05) is 44.2 Å². The number of sulfone groups is 1. The number of aromatic nitrogens is 2. The second kappa shape index (κ2) is 12.1. The van der Waals surface area contributed by atoms with Crippen molar-refractivity contribution in [2.45, 2.75) is 54.9 Å². The third-order valence-corrected chi connectivity index (χ3v) is 7.38. The highest BCUT2D eigenvalue weighted by atomic mass is 35.5. The number of nitrogens with zero attached hydrogens (tertiary/aromatic N) is 2. The number of nitrogen functional groups attached to an aromatic ring is 1. The third kappa shape index (κ3) is 6.24. The summed E-state index contributed by atoms with van der Waals surface area (Å²) in [6.07, 6.45) is 9.77. The topological polar surface area (TPSA) is 102 Å². The van der Waals surface area contributed by atoms with Crippen LogP contribution in [0, 0.1) is 11.3 Å². The van der Waals surface area contributed by atoms with Gasteiger partial charge in [-0.15, -0.1) is 24.2 Å². The van der Waals surface area contributed by atoms with Gasteiger partial charge < -0.3 is 11.1 Å². The van der Waals surface area contributed by atoms with Crippen LogP contribution in [-0.4, -0.2) is 30.7 Å². The predicted molar refractivity (Wildman–Crippen MR) is 133 cm³/mol. The molecule has 0 saturated carbocycles. The minimum Gasteiger partial charge on any atom is -0.382 e. The number of nitrogens with two attached hydrogens (primary N) is 1. The molecule has 1 aromatic carbocycles. The molecule has 6 nitrogen and oxygen atoms in total. The molecule has 3 N–H and O–H groups in total. The van der Waals surface area contributed by atoms with Crippen LogP contribution in [0.4, 0.5) is 5.82 Å². The zero-order valence-electron chi connectivity index (χ0n) is 18.3. The molecule has 0 spiro atoms. The van der Waals surface area contributed by atoms with Crippen LogP contribution in [0.5, 0.6) is 0 Å². The van der Waals surface area contributed by atoms with Crippen LogP contribution >= 0.6 is 24.2 Å². The summed E-state index contributed by atoms with van der Waals surface area (Å²) < 4.78 is 28.1. The second-order valence-electron chi connectivity index (χ2n) is 7.06. The number of nitrogens with one attached hydrogen (secondary N) is 1. The molecular formula is C22H31ClN4O2S2. The van der Waals surface area contributed by atoms with Crippen LogP contribution in [0.1, 0.15) is 40.0 Å². The van der Waals surface area contributed by atoms with E-state index in [-0.39, 0.29) is 33.9 Å². The highest BCUT2D eigenvalue weighted by Gasteiger charge is 2.30. The number of hydrogen-bond donors (Lipinski definition) is 2. The average molecular weight is 483 g/mol. The van der Waals surface area contributed by atoms with Gasteiger partial charge in [-0.25, -0.2) is 13.1 Å². The van der Waals surface area contributed by atoms with Crippen molar-refractivity contribution >= 4 is 51.7 Å². The molecule has 170 valence electrons. The first kappa shape index (κ1) is 27.0. The molecule has 1 atom stereocenters. The molecule has 0 radical (unpaired) electrons. The standard InChI is InChI=1S/C22H30N4O2S2.ClH/c1-5-10-19(17(3)12-9-11-16(2)15-23)26-21(24)20(22(25-26)29-4)30(27,28)18-13-7-6-8-14-18;/h6-8,10,12-16,23H,5,9,11,24H2,1-4H3;1H/b17-12+,19-10-,23-15?;. The molecule has 0 aliphatic carbocycles. The molecular weight excluding hydrogens is 452 g/mol. The quantitative estimate of drug-likeness (QED) is 0.256. The zero-order chi connectivity index (χ0) is 22.3. The van der Waals surface area contributed by atoms with E-state index >= 15 is 0 Å². The third-order valence-electron chi connectivity index (χ3n) is 4.75. The largest absolute Gasteiger partial charge is 0.382 e. The van der Waals surface area contributed by atoms with Gasteiger partial charge in [-0.3, -0.25) is 0 Å². The van der Waals surface area contributed by atoms with Gasteiger partial charge in [0.05, 0.1) is 10.6 Å². The fourth-order valence-electron chi connectivity index (χ4n) is 3.04. The normalized spacial score (nSPS) is 13.5. The number of anilines is 1. The molecule has 1 heterocycles. The minimum atomic E-state index is -3.80. The molecule has 0 fully saturated rings. The van der Waals surface area contributed by atoms with Gasteiger partial charge in [0.1, 0.15) is 15.7 Å². The zero-order valence-corrected chi connectivity index (χ0v) is 20.8. The Balaban J connectivity index is 0.00000480. The summed E-state index contributed by atoms with van der Waals surface area (Å²) in [7, 11) is -3.80. The Kier molecular flexibility index (Phi) is 10.6. The summed E-state index contributed by atoms with van der Waals surface area (Å²) in [5, 5.41) is 12.3. The van der Waals surface area contributed by atoms with Crippen LogP contribution < -0.4 is 5.73 Å². The van der Waals surface area contributed by atoms with Crippen molar-refractivity contribution in [2.75, 3.05) is 12.0 Å². The number of thioether (sulfide) groups is 1. The first-order valence-corrected chi connectivity index (χ1v) is 12.6. The van der Waals surface area contributed by atoms with Crippen molar-refractivity contribution in [1.29, 1.82) is 5.41 Å². The van der Waals surface area contributed by atoms with Gasteiger partial charge in [0.15, 0.2) is 0 Å². The molecule has 2 aromatic rings.